The Kier molecular flexibility index (Phi) is 1.92. The maximum Gasteiger partial charge on any atom is 0.0608 e. The summed E-state index contributed by atoms with van der Waals surface area (Å²) < 4.78 is 5.88. The van der Waals surface area contributed by atoms with Crippen LogP contribution in [0.4, 0.5) is 0 Å². The van der Waals surface area contributed by atoms with E-state index in [1.807, 2.05) is 0 Å². The highest BCUT2D eigenvalue weighted by Gasteiger charge is 2.43. The van der Waals surface area contributed by atoms with Crippen LogP contribution in [-0.2, 0) is 4.74 Å². The first-order valence-electron chi connectivity index (χ1n) is 4.98. The van der Waals surface area contributed by atoms with Gasteiger partial charge in [-0.1, -0.05) is 13.3 Å². The zero-order valence-electron chi connectivity index (χ0n) is 7.55. The minimum absolute atomic E-state index is 0.549. The summed E-state index contributed by atoms with van der Waals surface area (Å²) in [6.07, 6.45) is 6.64. The lowest BCUT2D eigenvalue weighted by Gasteiger charge is -2.13. The molecule has 1 heterocycles. The third kappa shape index (κ3) is 1.10. The molecule has 1 saturated heterocycles. The molecule has 0 bridgehead atoms. The first-order chi connectivity index (χ1) is 5.33. The van der Waals surface area contributed by atoms with E-state index in [1.165, 1.54) is 25.7 Å². The molecule has 64 valence electrons. The van der Waals surface area contributed by atoms with Gasteiger partial charge in [-0.3, -0.25) is 0 Å². The molecule has 1 saturated carbocycles. The van der Waals surface area contributed by atoms with Crippen LogP contribution in [0, 0.1) is 11.8 Å². The van der Waals surface area contributed by atoms with Crippen LogP contribution in [0.3, 0.4) is 0 Å². The fraction of sp³-hybridized carbons (Fsp3) is 1.00. The maximum atomic E-state index is 5.88. The summed E-state index contributed by atoms with van der Waals surface area (Å²) in [5.74, 6) is 1.81. The molecule has 1 aliphatic carbocycles. The predicted molar refractivity (Wildman–Crippen MR) is 45.5 cm³/mol. The van der Waals surface area contributed by atoms with Crippen molar-refractivity contribution in [3.05, 3.63) is 0 Å². The van der Waals surface area contributed by atoms with Crippen molar-refractivity contribution >= 4 is 0 Å². The van der Waals surface area contributed by atoms with Crippen molar-refractivity contribution in [2.45, 2.75) is 51.7 Å². The third-order valence-corrected chi connectivity index (χ3v) is 3.50. The molecule has 11 heavy (non-hydrogen) atoms. The average molecular weight is 154 g/mol. The van der Waals surface area contributed by atoms with Gasteiger partial charge >= 0.3 is 0 Å². The smallest absolute Gasteiger partial charge is 0.0608 e. The maximum absolute atomic E-state index is 5.88. The van der Waals surface area contributed by atoms with E-state index in [9.17, 15) is 0 Å². The second-order valence-electron chi connectivity index (χ2n) is 4.05. The normalized spacial score (nSPS) is 49.6. The van der Waals surface area contributed by atoms with Gasteiger partial charge in [0.2, 0.25) is 0 Å². The number of rotatable bonds is 1. The first-order valence-corrected chi connectivity index (χ1v) is 4.98. The van der Waals surface area contributed by atoms with E-state index in [4.69, 9.17) is 4.74 Å². The van der Waals surface area contributed by atoms with Crippen molar-refractivity contribution in [3.63, 3.8) is 0 Å². The minimum atomic E-state index is 0.549. The molecular weight excluding hydrogens is 136 g/mol. The van der Waals surface area contributed by atoms with Crippen molar-refractivity contribution < 1.29 is 4.74 Å². The first kappa shape index (κ1) is 7.60. The topological polar surface area (TPSA) is 9.23 Å². The van der Waals surface area contributed by atoms with Crippen LogP contribution in [0.25, 0.3) is 0 Å². The molecular formula is C10H18O. The SMILES string of the molecule is CCC1OC(C)C2CCCC12. The van der Waals surface area contributed by atoms with E-state index in [-0.39, 0.29) is 0 Å². The van der Waals surface area contributed by atoms with Gasteiger partial charge in [0.1, 0.15) is 0 Å². The van der Waals surface area contributed by atoms with Crippen molar-refractivity contribution in [2.24, 2.45) is 11.8 Å². The van der Waals surface area contributed by atoms with Crippen LogP contribution < -0.4 is 0 Å². The Hall–Kier alpha value is -0.0400. The van der Waals surface area contributed by atoms with Gasteiger partial charge in [0.15, 0.2) is 0 Å². The second-order valence-corrected chi connectivity index (χ2v) is 4.05. The lowest BCUT2D eigenvalue weighted by Crippen LogP contribution is -2.14. The minimum Gasteiger partial charge on any atom is -0.375 e. The highest BCUT2D eigenvalue weighted by atomic mass is 16.5. The van der Waals surface area contributed by atoms with Gasteiger partial charge in [0, 0.05) is 0 Å². The van der Waals surface area contributed by atoms with E-state index < -0.39 is 0 Å². The van der Waals surface area contributed by atoms with Gasteiger partial charge in [-0.25, -0.2) is 0 Å². The molecule has 0 aromatic heterocycles. The molecule has 2 aliphatic rings. The van der Waals surface area contributed by atoms with E-state index in [0.29, 0.717) is 12.2 Å². The van der Waals surface area contributed by atoms with Gasteiger partial charge in [0.05, 0.1) is 12.2 Å². The third-order valence-electron chi connectivity index (χ3n) is 3.50. The average Bonchev–Trinajstić information content (AvgIpc) is 2.54. The standard InChI is InChI=1S/C10H18O/c1-3-10-9-6-4-5-8(9)7(2)11-10/h7-10H,3-6H2,1-2H3. The van der Waals surface area contributed by atoms with Gasteiger partial charge in [-0.2, -0.15) is 0 Å². The monoisotopic (exact) mass is 154 g/mol. The molecule has 2 fully saturated rings. The van der Waals surface area contributed by atoms with Crippen molar-refractivity contribution in [1.82, 2.24) is 0 Å². The molecule has 1 nitrogen and oxygen atoms in total. The van der Waals surface area contributed by atoms with Crippen molar-refractivity contribution in [1.29, 1.82) is 0 Å². The van der Waals surface area contributed by atoms with Gasteiger partial charge < -0.3 is 4.74 Å². The summed E-state index contributed by atoms with van der Waals surface area (Å²) in [5, 5.41) is 0. The van der Waals surface area contributed by atoms with Crippen LogP contribution in [0.2, 0.25) is 0 Å². The molecule has 4 unspecified atom stereocenters. The van der Waals surface area contributed by atoms with Gasteiger partial charge in [-0.05, 0) is 38.0 Å². The summed E-state index contributed by atoms with van der Waals surface area (Å²) in [6, 6.07) is 0. The van der Waals surface area contributed by atoms with E-state index in [1.54, 1.807) is 0 Å². The molecule has 2 rings (SSSR count). The van der Waals surface area contributed by atoms with Gasteiger partial charge in [0.25, 0.3) is 0 Å². The highest BCUT2D eigenvalue weighted by Crippen LogP contribution is 2.45. The van der Waals surface area contributed by atoms with Crippen molar-refractivity contribution in [3.8, 4) is 0 Å². The molecule has 0 radical (unpaired) electrons. The van der Waals surface area contributed by atoms with Crippen molar-refractivity contribution in [2.75, 3.05) is 0 Å². The van der Waals surface area contributed by atoms with E-state index >= 15 is 0 Å². The molecule has 4 atom stereocenters. The summed E-state index contributed by atoms with van der Waals surface area (Å²) in [6.45, 7) is 4.50. The summed E-state index contributed by atoms with van der Waals surface area (Å²) >= 11 is 0. The molecule has 0 amide bonds. The van der Waals surface area contributed by atoms with E-state index in [2.05, 4.69) is 13.8 Å². The van der Waals surface area contributed by atoms with E-state index in [0.717, 1.165) is 11.8 Å². The zero-order chi connectivity index (χ0) is 7.84. The highest BCUT2D eigenvalue weighted by molar-refractivity contribution is 4.91. The lowest BCUT2D eigenvalue weighted by atomic mass is 9.90. The van der Waals surface area contributed by atoms with Gasteiger partial charge in [-0.15, -0.1) is 0 Å². The number of hydrogen-bond acceptors (Lipinski definition) is 1. The van der Waals surface area contributed by atoms with Crippen LogP contribution >= 0.6 is 0 Å². The lowest BCUT2D eigenvalue weighted by molar-refractivity contribution is 0.0319. The second kappa shape index (κ2) is 2.78. The molecule has 0 N–H and O–H groups in total. The Morgan fingerprint density at radius 2 is 2.00 bits per heavy atom. The Morgan fingerprint density at radius 1 is 1.27 bits per heavy atom. The zero-order valence-corrected chi connectivity index (χ0v) is 7.55. The Bertz CT molecular complexity index is 144. The van der Waals surface area contributed by atoms with Crippen LogP contribution in [0.15, 0.2) is 0 Å². The largest absolute Gasteiger partial charge is 0.375 e. The summed E-state index contributed by atoms with van der Waals surface area (Å²) in [7, 11) is 0. The molecule has 1 heteroatoms. The Labute approximate surface area is 69.1 Å². The Balaban J connectivity index is 2.07. The number of fused-ring (bicyclic) bond motifs is 1. The van der Waals surface area contributed by atoms with Crippen LogP contribution in [0.1, 0.15) is 39.5 Å². The number of ether oxygens (including phenoxy) is 1. The molecule has 0 spiro atoms. The van der Waals surface area contributed by atoms with Crippen LogP contribution in [-0.4, -0.2) is 12.2 Å². The molecule has 0 aromatic carbocycles. The molecule has 0 aromatic rings. The fourth-order valence-electron chi connectivity index (χ4n) is 2.94. The molecule has 1 aliphatic heterocycles. The quantitative estimate of drug-likeness (QED) is 0.564. The number of hydrogen-bond donors (Lipinski definition) is 0. The van der Waals surface area contributed by atoms with Crippen LogP contribution in [0.5, 0.6) is 0 Å². The summed E-state index contributed by atoms with van der Waals surface area (Å²) in [4.78, 5) is 0. The predicted octanol–water partition coefficient (Wildman–Crippen LogP) is 2.60. The Morgan fingerprint density at radius 3 is 2.73 bits per heavy atom. The fourth-order valence-corrected chi connectivity index (χ4v) is 2.94. The summed E-state index contributed by atoms with van der Waals surface area (Å²) in [5.41, 5.74) is 0.